The fourth-order valence-corrected chi connectivity index (χ4v) is 3.90. The van der Waals surface area contributed by atoms with Gasteiger partial charge in [0.1, 0.15) is 0 Å². The molecule has 0 atom stereocenters. The molecule has 0 bridgehead atoms. The van der Waals surface area contributed by atoms with Crippen LogP contribution in [0.2, 0.25) is 10.0 Å². The Bertz CT molecular complexity index is 918. The van der Waals surface area contributed by atoms with Crippen LogP contribution in [0.3, 0.4) is 0 Å². The lowest BCUT2D eigenvalue weighted by atomic mass is 10.1. The fourth-order valence-electron chi connectivity index (χ4n) is 2.49. The third kappa shape index (κ3) is 3.23. The van der Waals surface area contributed by atoms with E-state index in [0.29, 0.717) is 10.0 Å². The summed E-state index contributed by atoms with van der Waals surface area (Å²) >= 11 is 13.9. The zero-order valence-electron chi connectivity index (χ0n) is 13.1. The second-order valence-corrected chi connectivity index (χ2v) is 7.12. The molecule has 5 heteroatoms. The van der Waals surface area contributed by atoms with Gasteiger partial charge < -0.3 is 4.57 Å². The van der Waals surface area contributed by atoms with Crippen LogP contribution in [0, 0.1) is 13.8 Å². The predicted octanol–water partition coefficient (Wildman–Crippen LogP) is 5.91. The molecule has 0 fully saturated rings. The predicted molar refractivity (Wildman–Crippen MR) is 99.9 cm³/mol. The molecular weight excluding hydrogens is 347 g/mol. The molecule has 2 aromatic carbocycles. The summed E-state index contributed by atoms with van der Waals surface area (Å²) in [4.78, 5) is 5.78. The molecule has 0 amide bonds. The maximum Gasteiger partial charge on any atom is 0.190 e. The molecule has 0 aliphatic carbocycles. The highest BCUT2D eigenvalue weighted by molar-refractivity contribution is 7.07. The lowest BCUT2D eigenvalue weighted by Crippen LogP contribution is -2.11. The van der Waals surface area contributed by atoms with Crippen molar-refractivity contribution in [2.75, 3.05) is 0 Å². The Balaban J connectivity index is 2.15. The standard InChI is InChI=1S/C18H16Cl2N2S/c1-11-5-4-6-12(2)17(11)21-18-22(3)16(10-23-18)14-8-7-13(19)9-15(14)20/h4-10H,1-3H3. The van der Waals surface area contributed by atoms with Crippen LogP contribution in [0.1, 0.15) is 11.1 Å². The minimum atomic E-state index is 0.636. The van der Waals surface area contributed by atoms with Crippen LogP contribution in [-0.2, 0) is 7.05 Å². The van der Waals surface area contributed by atoms with Gasteiger partial charge in [0.05, 0.1) is 16.4 Å². The van der Waals surface area contributed by atoms with Gasteiger partial charge in [-0.3, -0.25) is 0 Å². The summed E-state index contributed by atoms with van der Waals surface area (Å²) in [5, 5.41) is 3.35. The van der Waals surface area contributed by atoms with E-state index in [-0.39, 0.29) is 0 Å². The Morgan fingerprint density at radius 2 is 1.74 bits per heavy atom. The number of aryl methyl sites for hydroxylation is 2. The van der Waals surface area contributed by atoms with Crippen molar-refractivity contribution < 1.29 is 0 Å². The average molecular weight is 363 g/mol. The molecule has 0 spiro atoms. The normalized spacial score (nSPS) is 12.0. The van der Waals surface area contributed by atoms with Gasteiger partial charge in [-0.25, -0.2) is 4.99 Å². The molecule has 1 heterocycles. The van der Waals surface area contributed by atoms with Gasteiger partial charge in [-0.2, -0.15) is 0 Å². The van der Waals surface area contributed by atoms with Crippen molar-refractivity contribution in [1.29, 1.82) is 0 Å². The van der Waals surface area contributed by atoms with Crippen molar-refractivity contribution in [2.45, 2.75) is 13.8 Å². The Morgan fingerprint density at radius 3 is 2.39 bits per heavy atom. The molecule has 3 rings (SSSR count). The van der Waals surface area contributed by atoms with E-state index in [2.05, 4.69) is 42.0 Å². The van der Waals surface area contributed by atoms with Crippen molar-refractivity contribution in [3.05, 3.63) is 67.8 Å². The van der Waals surface area contributed by atoms with Crippen LogP contribution in [0.25, 0.3) is 11.3 Å². The number of para-hydroxylation sites is 1. The molecule has 0 aliphatic rings. The van der Waals surface area contributed by atoms with Crippen LogP contribution in [0.4, 0.5) is 5.69 Å². The molecule has 1 aromatic heterocycles. The first-order valence-electron chi connectivity index (χ1n) is 7.18. The number of nitrogens with zero attached hydrogens (tertiary/aromatic N) is 2. The number of benzene rings is 2. The molecule has 0 saturated carbocycles. The van der Waals surface area contributed by atoms with Gasteiger partial charge in [-0.1, -0.05) is 41.4 Å². The highest BCUT2D eigenvalue weighted by Gasteiger charge is 2.10. The molecule has 118 valence electrons. The van der Waals surface area contributed by atoms with Crippen molar-refractivity contribution in [3.8, 4) is 11.3 Å². The zero-order chi connectivity index (χ0) is 16.6. The monoisotopic (exact) mass is 362 g/mol. The van der Waals surface area contributed by atoms with Crippen LogP contribution in [0.15, 0.2) is 46.8 Å². The zero-order valence-corrected chi connectivity index (χ0v) is 15.4. The molecule has 0 N–H and O–H groups in total. The molecule has 3 aromatic rings. The van der Waals surface area contributed by atoms with Gasteiger partial charge in [-0.05, 0) is 43.2 Å². The maximum atomic E-state index is 6.33. The molecule has 0 saturated heterocycles. The summed E-state index contributed by atoms with van der Waals surface area (Å²) in [6, 6.07) is 11.8. The molecule has 0 unspecified atom stereocenters. The first-order valence-corrected chi connectivity index (χ1v) is 8.82. The lowest BCUT2D eigenvalue weighted by molar-refractivity contribution is 0.882. The second kappa shape index (κ2) is 6.52. The molecule has 0 aliphatic heterocycles. The smallest absolute Gasteiger partial charge is 0.190 e. The highest BCUT2D eigenvalue weighted by atomic mass is 35.5. The Kier molecular flexibility index (Phi) is 4.62. The Hall–Kier alpha value is -1.55. The lowest BCUT2D eigenvalue weighted by Gasteiger charge is -2.06. The van der Waals surface area contributed by atoms with E-state index in [1.165, 1.54) is 11.1 Å². The largest absolute Gasteiger partial charge is 0.319 e. The Morgan fingerprint density at radius 1 is 1.04 bits per heavy atom. The molecule has 0 radical (unpaired) electrons. The fraction of sp³-hybridized carbons (Fsp3) is 0.167. The van der Waals surface area contributed by atoms with E-state index in [0.717, 1.165) is 21.7 Å². The summed E-state index contributed by atoms with van der Waals surface area (Å²) in [5.41, 5.74) is 5.35. The van der Waals surface area contributed by atoms with E-state index in [9.17, 15) is 0 Å². The summed E-state index contributed by atoms with van der Waals surface area (Å²) in [6.07, 6.45) is 0. The van der Waals surface area contributed by atoms with Crippen molar-refractivity contribution in [2.24, 2.45) is 12.0 Å². The summed E-state index contributed by atoms with van der Waals surface area (Å²) in [6.45, 7) is 4.16. The van der Waals surface area contributed by atoms with Gasteiger partial charge >= 0.3 is 0 Å². The number of rotatable bonds is 2. The highest BCUT2D eigenvalue weighted by Crippen LogP contribution is 2.30. The SMILES string of the molecule is Cc1cccc(C)c1N=c1scc(-c2ccc(Cl)cc2Cl)n1C. The molecular formula is C18H16Cl2N2S. The summed E-state index contributed by atoms with van der Waals surface area (Å²) in [7, 11) is 2.00. The van der Waals surface area contributed by atoms with Gasteiger partial charge in [0.2, 0.25) is 0 Å². The van der Waals surface area contributed by atoms with E-state index < -0.39 is 0 Å². The van der Waals surface area contributed by atoms with Crippen LogP contribution >= 0.6 is 34.5 Å². The number of hydrogen-bond acceptors (Lipinski definition) is 2. The third-order valence-corrected chi connectivity index (χ3v) is 5.24. The molecule has 23 heavy (non-hydrogen) atoms. The van der Waals surface area contributed by atoms with Crippen molar-refractivity contribution >= 4 is 40.2 Å². The van der Waals surface area contributed by atoms with Crippen molar-refractivity contribution in [1.82, 2.24) is 4.57 Å². The van der Waals surface area contributed by atoms with Gasteiger partial charge in [-0.15, -0.1) is 11.3 Å². The van der Waals surface area contributed by atoms with Gasteiger partial charge in [0, 0.05) is 23.0 Å². The van der Waals surface area contributed by atoms with E-state index in [1.807, 2.05) is 19.2 Å². The summed E-state index contributed by atoms with van der Waals surface area (Å²) < 4.78 is 2.06. The quantitative estimate of drug-likeness (QED) is 0.539. The molecule has 2 nitrogen and oxygen atoms in total. The number of aromatic nitrogens is 1. The van der Waals surface area contributed by atoms with Gasteiger partial charge in [0.25, 0.3) is 0 Å². The van der Waals surface area contributed by atoms with Crippen molar-refractivity contribution in [3.63, 3.8) is 0 Å². The maximum absolute atomic E-state index is 6.33. The number of thiazole rings is 1. The van der Waals surface area contributed by atoms with Crippen LogP contribution < -0.4 is 4.80 Å². The second-order valence-electron chi connectivity index (χ2n) is 5.44. The van der Waals surface area contributed by atoms with E-state index in [4.69, 9.17) is 28.2 Å². The first-order chi connectivity index (χ1) is 11.0. The topological polar surface area (TPSA) is 17.3 Å². The van der Waals surface area contributed by atoms with Gasteiger partial charge in [0.15, 0.2) is 4.80 Å². The number of halogens is 2. The Labute approximate surface area is 149 Å². The van der Waals surface area contributed by atoms with Crippen LogP contribution in [-0.4, -0.2) is 4.57 Å². The minimum Gasteiger partial charge on any atom is -0.319 e. The third-order valence-electron chi connectivity index (χ3n) is 3.78. The van der Waals surface area contributed by atoms with E-state index >= 15 is 0 Å². The minimum absolute atomic E-state index is 0.636. The number of hydrogen-bond donors (Lipinski definition) is 0. The summed E-state index contributed by atoms with van der Waals surface area (Å²) in [5.74, 6) is 0. The van der Waals surface area contributed by atoms with E-state index in [1.54, 1.807) is 17.4 Å². The first kappa shape index (κ1) is 16.3. The average Bonchev–Trinajstić information content (AvgIpc) is 2.84. The van der Waals surface area contributed by atoms with Crippen LogP contribution in [0.5, 0.6) is 0 Å².